The van der Waals surface area contributed by atoms with E-state index in [0.29, 0.717) is 5.92 Å². The lowest BCUT2D eigenvalue weighted by molar-refractivity contribution is 0.237. The van der Waals surface area contributed by atoms with Crippen LogP contribution < -0.4 is 0 Å². The first-order chi connectivity index (χ1) is 7.72. The van der Waals surface area contributed by atoms with Crippen LogP contribution in [0.15, 0.2) is 23.8 Å². The van der Waals surface area contributed by atoms with E-state index in [2.05, 4.69) is 23.8 Å². The van der Waals surface area contributed by atoms with Crippen LogP contribution in [0.4, 0.5) is 0 Å². The summed E-state index contributed by atoms with van der Waals surface area (Å²) in [7, 11) is 0. The van der Waals surface area contributed by atoms with Gasteiger partial charge in [-0.25, -0.2) is 4.98 Å². The van der Waals surface area contributed by atoms with Crippen molar-refractivity contribution in [1.29, 1.82) is 0 Å². The third-order valence-electron chi connectivity index (χ3n) is 2.73. The summed E-state index contributed by atoms with van der Waals surface area (Å²) in [6.45, 7) is 4.38. The predicted octanol–water partition coefficient (Wildman–Crippen LogP) is 2.87. The molecule has 2 N–H and O–H groups in total. The monoisotopic (exact) mass is 236 g/mol. The Labute approximate surface area is 99.2 Å². The highest BCUT2D eigenvalue weighted by molar-refractivity contribution is 7.10. The van der Waals surface area contributed by atoms with E-state index in [-0.39, 0.29) is 12.5 Å². The van der Waals surface area contributed by atoms with Gasteiger partial charge < -0.3 is 10.1 Å². The van der Waals surface area contributed by atoms with Crippen LogP contribution >= 0.6 is 11.3 Å². The Morgan fingerprint density at radius 2 is 2.31 bits per heavy atom. The van der Waals surface area contributed by atoms with Crippen molar-refractivity contribution >= 4 is 11.3 Å². The van der Waals surface area contributed by atoms with Gasteiger partial charge in [0.2, 0.25) is 0 Å². The van der Waals surface area contributed by atoms with Gasteiger partial charge in [0.1, 0.15) is 0 Å². The zero-order valence-electron chi connectivity index (χ0n) is 9.47. The van der Waals surface area contributed by atoms with Gasteiger partial charge in [-0.3, -0.25) is 0 Å². The lowest BCUT2D eigenvalue weighted by atomic mass is 9.98. The highest BCUT2D eigenvalue weighted by Gasteiger charge is 2.18. The molecular formula is C12H16N2OS. The number of hydrogen-bond donors (Lipinski definition) is 2. The molecule has 0 aliphatic heterocycles. The highest BCUT2D eigenvalue weighted by atomic mass is 32.1. The van der Waals surface area contributed by atoms with E-state index in [1.54, 1.807) is 11.3 Å². The molecule has 16 heavy (non-hydrogen) atoms. The Balaban J connectivity index is 2.25. The molecule has 1 atom stereocenters. The second-order valence-electron chi connectivity index (χ2n) is 4.20. The van der Waals surface area contributed by atoms with Crippen LogP contribution in [0.1, 0.15) is 24.8 Å². The third-order valence-corrected chi connectivity index (χ3v) is 3.71. The molecule has 2 heterocycles. The number of hydrogen-bond acceptors (Lipinski definition) is 3. The van der Waals surface area contributed by atoms with Gasteiger partial charge >= 0.3 is 0 Å². The van der Waals surface area contributed by atoms with E-state index < -0.39 is 0 Å². The first kappa shape index (κ1) is 11.4. The van der Waals surface area contributed by atoms with Crippen molar-refractivity contribution in [2.45, 2.75) is 19.8 Å². The second-order valence-corrected chi connectivity index (χ2v) is 5.09. The van der Waals surface area contributed by atoms with Crippen molar-refractivity contribution in [2.75, 3.05) is 6.61 Å². The van der Waals surface area contributed by atoms with Gasteiger partial charge in [-0.1, -0.05) is 13.8 Å². The van der Waals surface area contributed by atoms with Crippen LogP contribution in [0.3, 0.4) is 0 Å². The van der Waals surface area contributed by atoms with Crippen molar-refractivity contribution in [3.63, 3.8) is 0 Å². The van der Waals surface area contributed by atoms with Gasteiger partial charge in [0.25, 0.3) is 0 Å². The predicted molar refractivity (Wildman–Crippen MR) is 66.6 cm³/mol. The number of aromatic nitrogens is 2. The van der Waals surface area contributed by atoms with Crippen molar-refractivity contribution in [3.8, 4) is 11.3 Å². The Hall–Kier alpha value is -1.13. The standard InChI is InChI=1S/C12H16N2OS/c1-8(2)10(6-15)12-14-11(7-16-12)9-3-4-13-5-9/h3-5,7-8,10,13,15H,6H2,1-2H3. The summed E-state index contributed by atoms with van der Waals surface area (Å²) in [4.78, 5) is 7.60. The van der Waals surface area contributed by atoms with Gasteiger partial charge in [0.05, 0.1) is 17.3 Å². The zero-order valence-corrected chi connectivity index (χ0v) is 10.3. The Kier molecular flexibility index (Phi) is 3.41. The molecule has 0 aromatic carbocycles. The molecule has 0 spiro atoms. The Bertz CT molecular complexity index is 434. The lowest BCUT2D eigenvalue weighted by Gasteiger charge is -2.14. The number of thiazole rings is 1. The fourth-order valence-corrected chi connectivity index (χ4v) is 2.74. The van der Waals surface area contributed by atoms with Crippen molar-refractivity contribution in [3.05, 3.63) is 28.8 Å². The molecule has 86 valence electrons. The van der Waals surface area contributed by atoms with E-state index in [9.17, 15) is 5.11 Å². The van der Waals surface area contributed by atoms with Crippen molar-refractivity contribution < 1.29 is 5.11 Å². The molecule has 4 heteroatoms. The Morgan fingerprint density at radius 1 is 1.50 bits per heavy atom. The number of nitrogens with zero attached hydrogens (tertiary/aromatic N) is 1. The van der Waals surface area contributed by atoms with Gasteiger partial charge in [-0.05, 0) is 12.0 Å². The summed E-state index contributed by atoms with van der Waals surface area (Å²) in [6, 6.07) is 2.00. The van der Waals surface area contributed by atoms with Gasteiger partial charge in [-0.15, -0.1) is 11.3 Å². The molecule has 0 fully saturated rings. The van der Waals surface area contributed by atoms with E-state index in [1.165, 1.54) is 0 Å². The molecule has 0 radical (unpaired) electrons. The summed E-state index contributed by atoms with van der Waals surface area (Å²) >= 11 is 1.62. The van der Waals surface area contributed by atoms with E-state index in [4.69, 9.17) is 0 Å². The molecule has 0 aliphatic carbocycles. The maximum absolute atomic E-state index is 9.35. The van der Waals surface area contributed by atoms with Crippen LogP contribution in [0, 0.1) is 5.92 Å². The summed E-state index contributed by atoms with van der Waals surface area (Å²) in [5.74, 6) is 0.563. The number of rotatable bonds is 4. The van der Waals surface area contributed by atoms with E-state index in [1.807, 2.05) is 23.8 Å². The maximum atomic E-state index is 9.35. The summed E-state index contributed by atoms with van der Waals surface area (Å²) < 4.78 is 0. The first-order valence-electron chi connectivity index (χ1n) is 5.41. The fraction of sp³-hybridized carbons (Fsp3) is 0.417. The average Bonchev–Trinajstić information content (AvgIpc) is 2.86. The van der Waals surface area contributed by atoms with E-state index in [0.717, 1.165) is 16.3 Å². The molecule has 0 saturated heterocycles. The van der Waals surface area contributed by atoms with Crippen LogP contribution in [0.5, 0.6) is 0 Å². The summed E-state index contributed by atoms with van der Waals surface area (Å²) in [5.41, 5.74) is 2.09. The van der Waals surface area contributed by atoms with Gasteiger partial charge in [0.15, 0.2) is 0 Å². The number of aliphatic hydroxyl groups is 1. The smallest absolute Gasteiger partial charge is 0.0989 e. The summed E-state index contributed by atoms with van der Waals surface area (Å²) in [6.07, 6.45) is 3.82. The van der Waals surface area contributed by atoms with E-state index >= 15 is 0 Å². The number of aliphatic hydroxyl groups excluding tert-OH is 1. The number of nitrogens with one attached hydrogen (secondary N) is 1. The molecule has 0 aliphatic rings. The minimum Gasteiger partial charge on any atom is -0.396 e. The topological polar surface area (TPSA) is 48.9 Å². The highest BCUT2D eigenvalue weighted by Crippen LogP contribution is 2.30. The van der Waals surface area contributed by atoms with Crippen LogP contribution in [0.2, 0.25) is 0 Å². The molecule has 0 saturated carbocycles. The minimum atomic E-state index is 0.151. The molecule has 2 aromatic rings. The van der Waals surface area contributed by atoms with Crippen molar-refractivity contribution in [2.24, 2.45) is 5.92 Å². The van der Waals surface area contributed by atoms with Crippen molar-refractivity contribution in [1.82, 2.24) is 9.97 Å². The van der Waals surface area contributed by atoms with Gasteiger partial charge in [-0.2, -0.15) is 0 Å². The van der Waals surface area contributed by atoms with Crippen LogP contribution in [-0.2, 0) is 0 Å². The van der Waals surface area contributed by atoms with Crippen LogP contribution in [-0.4, -0.2) is 21.7 Å². The zero-order chi connectivity index (χ0) is 11.5. The summed E-state index contributed by atoms with van der Waals surface area (Å²) in [5, 5.41) is 12.4. The fourth-order valence-electron chi connectivity index (χ4n) is 1.65. The quantitative estimate of drug-likeness (QED) is 0.857. The minimum absolute atomic E-state index is 0.151. The lowest BCUT2D eigenvalue weighted by Crippen LogP contribution is -2.10. The number of aromatic amines is 1. The SMILES string of the molecule is CC(C)C(CO)c1nc(-c2cc[nH]c2)cs1. The molecule has 2 rings (SSSR count). The molecule has 3 nitrogen and oxygen atoms in total. The molecule has 0 amide bonds. The van der Waals surface area contributed by atoms with Crippen LogP contribution in [0.25, 0.3) is 11.3 Å². The van der Waals surface area contributed by atoms with Gasteiger partial charge in [0, 0.05) is 29.3 Å². The molecule has 2 aromatic heterocycles. The Morgan fingerprint density at radius 3 is 2.88 bits per heavy atom. The third kappa shape index (κ3) is 2.18. The first-order valence-corrected chi connectivity index (χ1v) is 6.29. The largest absolute Gasteiger partial charge is 0.396 e. The normalized spacial score (nSPS) is 13.2. The second kappa shape index (κ2) is 4.80. The molecule has 1 unspecified atom stereocenters. The number of H-pyrrole nitrogens is 1. The maximum Gasteiger partial charge on any atom is 0.0989 e. The average molecular weight is 236 g/mol. The molecule has 0 bridgehead atoms. The molecular weight excluding hydrogens is 220 g/mol.